The van der Waals surface area contributed by atoms with E-state index in [1.807, 2.05) is 0 Å². The molecule has 0 spiro atoms. The Morgan fingerprint density at radius 3 is 2.40 bits per heavy atom. The number of nitrogens with two attached hydrogens (primary N) is 1. The van der Waals surface area contributed by atoms with Crippen LogP contribution in [0, 0.1) is 5.82 Å². The second-order valence-corrected chi connectivity index (χ2v) is 7.25. The number of para-hydroxylation sites is 1. The monoisotopic (exact) mass is 422 g/mol. The first kappa shape index (κ1) is 15.3. The lowest BCUT2D eigenvalue weighted by Crippen LogP contribution is -2.15. The Labute approximate surface area is 132 Å². The first-order valence-corrected chi connectivity index (χ1v) is 8.40. The molecule has 2 rings (SSSR count). The summed E-state index contributed by atoms with van der Waals surface area (Å²) in [5.74, 6) is -0.672. The van der Waals surface area contributed by atoms with Gasteiger partial charge in [-0.1, -0.05) is 6.07 Å². The molecular formula is C12H9Br2FN2O2S. The lowest BCUT2D eigenvalue weighted by atomic mass is 10.3. The second kappa shape index (κ2) is 5.71. The van der Waals surface area contributed by atoms with Gasteiger partial charge in [-0.05, 0) is 62.2 Å². The summed E-state index contributed by atoms with van der Waals surface area (Å²) >= 11 is 6.23. The van der Waals surface area contributed by atoms with E-state index < -0.39 is 15.8 Å². The number of benzene rings is 2. The molecule has 0 aromatic heterocycles. The van der Waals surface area contributed by atoms with E-state index in [0.29, 0.717) is 14.6 Å². The first-order valence-electron chi connectivity index (χ1n) is 5.33. The molecular weight excluding hydrogens is 415 g/mol. The number of hydrogen-bond acceptors (Lipinski definition) is 3. The minimum absolute atomic E-state index is 0.0261. The summed E-state index contributed by atoms with van der Waals surface area (Å²) in [4.78, 5) is -0.0261. The van der Waals surface area contributed by atoms with Crippen LogP contribution in [-0.2, 0) is 10.0 Å². The minimum Gasteiger partial charge on any atom is -0.399 e. The Hall–Kier alpha value is -1.12. The summed E-state index contributed by atoms with van der Waals surface area (Å²) < 4.78 is 41.0. The average Bonchev–Trinajstić information content (AvgIpc) is 2.33. The van der Waals surface area contributed by atoms with E-state index in [4.69, 9.17) is 5.73 Å². The topological polar surface area (TPSA) is 72.2 Å². The van der Waals surface area contributed by atoms with Gasteiger partial charge < -0.3 is 5.73 Å². The summed E-state index contributed by atoms with van der Waals surface area (Å²) in [5, 5.41) is 0. The average molecular weight is 424 g/mol. The van der Waals surface area contributed by atoms with Gasteiger partial charge in [0.05, 0.1) is 5.69 Å². The number of sulfonamides is 1. The minimum atomic E-state index is -3.93. The van der Waals surface area contributed by atoms with Crippen LogP contribution in [0.2, 0.25) is 0 Å². The van der Waals surface area contributed by atoms with E-state index in [-0.39, 0.29) is 10.6 Å². The Bertz CT molecular complexity index is 746. The van der Waals surface area contributed by atoms with Crippen molar-refractivity contribution < 1.29 is 12.8 Å². The molecule has 0 aliphatic heterocycles. The largest absolute Gasteiger partial charge is 0.399 e. The smallest absolute Gasteiger partial charge is 0.263 e. The fourth-order valence-electron chi connectivity index (χ4n) is 1.52. The van der Waals surface area contributed by atoms with E-state index in [1.165, 1.54) is 30.3 Å². The Morgan fingerprint density at radius 1 is 1.10 bits per heavy atom. The molecule has 3 N–H and O–H groups in total. The molecule has 0 aliphatic carbocycles. The van der Waals surface area contributed by atoms with Crippen LogP contribution in [0.15, 0.2) is 50.2 Å². The molecule has 4 nitrogen and oxygen atoms in total. The lowest BCUT2D eigenvalue weighted by Gasteiger charge is -2.12. The van der Waals surface area contributed by atoms with Crippen molar-refractivity contribution in [2.75, 3.05) is 10.5 Å². The molecule has 0 radical (unpaired) electrons. The highest BCUT2D eigenvalue weighted by Gasteiger charge is 2.20. The molecule has 0 fully saturated rings. The third-order valence-electron chi connectivity index (χ3n) is 2.44. The van der Waals surface area contributed by atoms with Gasteiger partial charge in [-0.2, -0.15) is 0 Å². The number of nitrogen functional groups attached to an aromatic ring is 1. The van der Waals surface area contributed by atoms with E-state index in [0.717, 1.165) is 0 Å². The van der Waals surface area contributed by atoms with Gasteiger partial charge in [0.1, 0.15) is 10.7 Å². The van der Waals surface area contributed by atoms with Gasteiger partial charge in [0, 0.05) is 14.6 Å². The SMILES string of the molecule is Nc1ccc(S(=O)(=O)Nc2c(F)cccc2Br)c(Br)c1. The van der Waals surface area contributed by atoms with Gasteiger partial charge in [0.2, 0.25) is 0 Å². The van der Waals surface area contributed by atoms with Crippen molar-refractivity contribution >= 4 is 53.3 Å². The molecule has 2 aromatic carbocycles. The van der Waals surface area contributed by atoms with Crippen LogP contribution in [0.4, 0.5) is 15.8 Å². The van der Waals surface area contributed by atoms with Crippen LogP contribution in [0.5, 0.6) is 0 Å². The van der Waals surface area contributed by atoms with Crippen LogP contribution in [0.25, 0.3) is 0 Å². The van der Waals surface area contributed by atoms with Crippen LogP contribution in [-0.4, -0.2) is 8.42 Å². The molecule has 0 atom stereocenters. The zero-order valence-corrected chi connectivity index (χ0v) is 13.9. The van der Waals surface area contributed by atoms with Crippen LogP contribution < -0.4 is 10.5 Å². The third kappa shape index (κ3) is 3.13. The Morgan fingerprint density at radius 2 is 1.80 bits per heavy atom. The molecule has 0 saturated heterocycles. The van der Waals surface area contributed by atoms with Crippen molar-refractivity contribution in [2.45, 2.75) is 4.90 Å². The molecule has 0 unspecified atom stereocenters. The second-order valence-electron chi connectivity index (χ2n) is 3.89. The highest BCUT2D eigenvalue weighted by molar-refractivity contribution is 9.11. The predicted octanol–water partition coefficient (Wildman–Crippen LogP) is 3.73. The summed E-state index contributed by atoms with van der Waals surface area (Å²) in [6.07, 6.45) is 0. The van der Waals surface area contributed by atoms with E-state index in [1.54, 1.807) is 6.07 Å². The number of halogens is 3. The summed E-state index contributed by atoms with van der Waals surface area (Å²) in [5.41, 5.74) is 5.84. The molecule has 20 heavy (non-hydrogen) atoms. The molecule has 0 heterocycles. The number of rotatable bonds is 3. The molecule has 2 aromatic rings. The quantitative estimate of drug-likeness (QED) is 0.738. The zero-order chi connectivity index (χ0) is 14.9. The molecule has 106 valence electrons. The molecule has 0 bridgehead atoms. The highest BCUT2D eigenvalue weighted by Crippen LogP contribution is 2.30. The highest BCUT2D eigenvalue weighted by atomic mass is 79.9. The third-order valence-corrected chi connectivity index (χ3v) is 5.43. The fraction of sp³-hybridized carbons (Fsp3) is 0. The van der Waals surface area contributed by atoms with Crippen molar-refractivity contribution in [2.24, 2.45) is 0 Å². The number of anilines is 2. The Balaban J connectivity index is 2.46. The molecule has 0 saturated carbocycles. The zero-order valence-electron chi connectivity index (χ0n) is 9.90. The van der Waals surface area contributed by atoms with Gasteiger partial charge >= 0.3 is 0 Å². The van der Waals surface area contributed by atoms with Crippen molar-refractivity contribution in [1.29, 1.82) is 0 Å². The van der Waals surface area contributed by atoms with Crippen molar-refractivity contribution in [3.05, 3.63) is 51.2 Å². The van der Waals surface area contributed by atoms with E-state index >= 15 is 0 Å². The van der Waals surface area contributed by atoms with Crippen LogP contribution >= 0.6 is 31.9 Å². The molecule has 0 amide bonds. The summed E-state index contributed by atoms with van der Waals surface area (Å²) in [7, 11) is -3.93. The standard InChI is InChI=1S/C12H9Br2FN2O2S/c13-8-2-1-3-10(15)12(8)17-20(18,19)11-5-4-7(16)6-9(11)14/h1-6,17H,16H2. The van der Waals surface area contributed by atoms with Crippen molar-refractivity contribution in [1.82, 2.24) is 0 Å². The Kier molecular flexibility index (Phi) is 4.36. The van der Waals surface area contributed by atoms with Gasteiger partial charge in [-0.3, -0.25) is 4.72 Å². The summed E-state index contributed by atoms with van der Waals surface area (Å²) in [6.45, 7) is 0. The van der Waals surface area contributed by atoms with Gasteiger partial charge in [-0.15, -0.1) is 0 Å². The lowest BCUT2D eigenvalue weighted by molar-refractivity contribution is 0.598. The maximum Gasteiger partial charge on any atom is 0.263 e. The van der Waals surface area contributed by atoms with Crippen LogP contribution in [0.1, 0.15) is 0 Å². The molecule has 0 aliphatic rings. The van der Waals surface area contributed by atoms with Gasteiger partial charge in [-0.25, -0.2) is 12.8 Å². The van der Waals surface area contributed by atoms with E-state index in [9.17, 15) is 12.8 Å². The maximum absolute atomic E-state index is 13.7. The number of hydrogen-bond donors (Lipinski definition) is 2. The van der Waals surface area contributed by atoms with Crippen LogP contribution in [0.3, 0.4) is 0 Å². The number of nitrogens with one attached hydrogen (secondary N) is 1. The first-order chi connectivity index (χ1) is 9.31. The predicted molar refractivity (Wildman–Crippen MR) is 83.5 cm³/mol. The van der Waals surface area contributed by atoms with Crippen molar-refractivity contribution in [3.63, 3.8) is 0 Å². The fourth-order valence-corrected chi connectivity index (χ4v) is 4.28. The summed E-state index contributed by atoms with van der Waals surface area (Å²) in [6, 6.07) is 8.44. The van der Waals surface area contributed by atoms with Gasteiger partial charge in [0.15, 0.2) is 0 Å². The maximum atomic E-state index is 13.7. The normalized spacial score (nSPS) is 11.3. The molecule has 8 heteroatoms. The van der Waals surface area contributed by atoms with Crippen molar-refractivity contribution in [3.8, 4) is 0 Å². The van der Waals surface area contributed by atoms with E-state index in [2.05, 4.69) is 36.6 Å². The van der Waals surface area contributed by atoms with Gasteiger partial charge in [0.25, 0.3) is 10.0 Å².